The second-order valence-electron chi connectivity index (χ2n) is 5.99. The lowest BCUT2D eigenvalue weighted by Gasteiger charge is -2.12. The Hall–Kier alpha value is -2.26. The van der Waals surface area contributed by atoms with Gasteiger partial charge in [0.15, 0.2) is 5.82 Å². The van der Waals surface area contributed by atoms with E-state index >= 15 is 0 Å². The predicted molar refractivity (Wildman–Crippen MR) is 70.7 cm³/mol. The molecule has 0 aliphatic heterocycles. The number of rotatable bonds is 4. The van der Waals surface area contributed by atoms with Crippen LogP contribution in [0.5, 0.6) is 0 Å². The average molecular weight is 326 g/mol. The lowest BCUT2D eigenvalue weighted by Crippen LogP contribution is -2.32. The summed E-state index contributed by atoms with van der Waals surface area (Å²) in [6, 6.07) is 1.05. The highest BCUT2D eigenvalue weighted by Crippen LogP contribution is 2.40. The zero-order chi connectivity index (χ0) is 16.2. The molecule has 2 aliphatic carbocycles. The Morgan fingerprint density at radius 3 is 2.57 bits per heavy atom. The SMILES string of the molecule is O=c1c(C(F)(F)F)cc(C2CC2)nn1Cc1nnnn1C1CC1. The summed E-state index contributed by atoms with van der Waals surface area (Å²) >= 11 is 0. The molecule has 0 bridgehead atoms. The van der Waals surface area contributed by atoms with Gasteiger partial charge in [-0.05, 0) is 42.2 Å². The fourth-order valence-corrected chi connectivity index (χ4v) is 2.50. The van der Waals surface area contributed by atoms with E-state index < -0.39 is 17.3 Å². The highest BCUT2D eigenvalue weighted by molar-refractivity contribution is 5.22. The van der Waals surface area contributed by atoms with Gasteiger partial charge in [-0.2, -0.15) is 18.3 Å². The average Bonchev–Trinajstić information content (AvgIpc) is 3.39. The Bertz CT molecular complexity index is 803. The van der Waals surface area contributed by atoms with Crippen molar-refractivity contribution in [1.82, 2.24) is 30.0 Å². The second kappa shape index (κ2) is 4.87. The van der Waals surface area contributed by atoms with Gasteiger partial charge >= 0.3 is 6.18 Å². The first kappa shape index (κ1) is 14.3. The van der Waals surface area contributed by atoms with Crippen molar-refractivity contribution in [2.24, 2.45) is 0 Å². The number of tetrazole rings is 1. The number of hydrogen-bond donors (Lipinski definition) is 0. The van der Waals surface area contributed by atoms with Crippen LogP contribution in [0.4, 0.5) is 13.2 Å². The Labute approximate surface area is 128 Å². The fourth-order valence-electron chi connectivity index (χ4n) is 2.50. The van der Waals surface area contributed by atoms with E-state index in [9.17, 15) is 18.0 Å². The van der Waals surface area contributed by atoms with E-state index in [0.29, 0.717) is 11.5 Å². The molecule has 0 amide bonds. The number of alkyl halides is 3. The van der Waals surface area contributed by atoms with Crippen molar-refractivity contribution in [2.75, 3.05) is 0 Å². The van der Waals surface area contributed by atoms with Crippen molar-refractivity contribution in [3.8, 4) is 0 Å². The van der Waals surface area contributed by atoms with Crippen molar-refractivity contribution in [1.29, 1.82) is 0 Å². The third-order valence-electron chi connectivity index (χ3n) is 4.04. The largest absolute Gasteiger partial charge is 0.421 e. The lowest BCUT2D eigenvalue weighted by molar-refractivity contribution is -0.139. The molecule has 2 aliphatic rings. The van der Waals surface area contributed by atoms with Gasteiger partial charge in [0, 0.05) is 5.92 Å². The van der Waals surface area contributed by atoms with Crippen LogP contribution in [0.1, 0.15) is 54.7 Å². The molecule has 7 nitrogen and oxygen atoms in total. The normalized spacial score (nSPS) is 18.4. The van der Waals surface area contributed by atoms with Crippen LogP contribution in [-0.2, 0) is 12.7 Å². The Morgan fingerprint density at radius 1 is 1.22 bits per heavy atom. The molecule has 0 aromatic carbocycles. The number of aromatic nitrogens is 6. The molecule has 0 spiro atoms. The number of nitrogens with zero attached hydrogens (tertiary/aromatic N) is 6. The summed E-state index contributed by atoms with van der Waals surface area (Å²) in [5, 5.41) is 15.3. The van der Waals surface area contributed by atoms with E-state index in [0.717, 1.165) is 36.4 Å². The van der Waals surface area contributed by atoms with Crippen LogP contribution in [0.15, 0.2) is 10.9 Å². The smallest absolute Gasteiger partial charge is 0.267 e. The zero-order valence-corrected chi connectivity index (χ0v) is 12.0. The summed E-state index contributed by atoms with van der Waals surface area (Å²) in [7, 11) is 0. The maximum absolute atomic E-state index is 13.1. The van der Waals surface area contributed by atoms with E-state index in [4.69, 9.17) is 0 Å². The van der Waals surface area contributed by atoms with Gasteiger partial charge in [0.25, 0.3) is 5.56 Å². The van der Waals surface area contributed by atoms with Gasteiger partial charge in [0.2, 0.25) is 0 Å². The standard InChI is InChI=1S/C13H13F3N6O/c14-13(15,16)9-5-10(7-1-2-7)18-21(12(9)23)6-11-17-19-20-22(11)8-3-4-8/h5,7-8H,1-4,6H2. The van der Waals surface area contributed by atoms with Crippen LogP contribution in [-0.4, -0.2) is 30.0 Å². The molecule has 4 rings (SSSR count). The van der Waals surface area contributed by atoms with Crippen LogP contribution in [0.3, 0.4) is 0 Å². The highest BCUT2D eigenvalue weighted by Gasteiger charge is 2.38. The summed E-state index contributed by atoms with van der Waals surface area (Å²) in [5.41, 5.74) is -2.03. The van der Waals surface area contributed by atoms with Crippen molar-refractivity contribution in [3.63, 3.8) is 0 Å². The molecule has 0 unspecified atom stereocenters. The molecule has 10 heteroatoms. The second-order valence-corrected chi connectivity index (χ2v) is 5.99. The van der Waals surface area contributed by atoms with Crippen LogP contribution >= 0.6 is 0 Å². The van der Waals surface area contributed by atoms with E-state index in [1.807, 2.05) is 0 Å². The topological polar surface area (TPSA) is 78.5 Å². The molecule has 0 radical (unpaired) electrons. The van der Waals surface area contributed by atoms with Crippen LogP contribution in [0.25, 0.3) is 0 Å². The van der Waals surface area contributed by atoms with Crippen molar-refractivity contribution >= 4 is 0 Å². The van der Waals surface area contributed by atoms with Gasteiger partial charge in [-0.25, -0.2) is 9.36 Å². The number of hydrogen-bond acceptors (Lipinski definition) is 5. The molecule has 2 heterocycles. The first-order valence-corrected chi connectivity index (χ1v) is 7.39. The molecular formula is C13H13F3N6O. The zero-order valence-electron chi connectivity index (χ0n) is 12.0. The molecular weight excluding hydrogens is 313 g/mol. The Kier molecular flexibility index (Phi) is 3.03. The Balaban J connectivity index is 1.76. The summed E-state index contributed by atoms with van der Waals surface area (Å²) in [4.78, 5) is 12.1. The molecule has 23 heavy (non-hydrogen) atoms. The molecule has 2 saturated carbocycles. The Morgan fingerprint density at radius 2 is 1.96 bits per heavy atom. The van der Waals surface area contributed by atoms with Gasteiger partial charge in [0.05, 0.1) is 11.7 Å². The van der Waals surface area contributed by atoms with Gasteiger partial charge in [-0.1, -0.05) is 0 Å². The number of halogens is 3. The summed E-state index contributed by atoms with van der Waals surface area (Å²) in [6.07, 6.45) is -1.26. The van der Waals surface area contributed by atoms with Crippen LogP contribution in [0, 0.1) is 0 Å². The fraction of sp³-hybridized carbons (Fsp3) is 0.615. The van der Waals surface area contributed by atoms with Gasteiger partial charge in [-0.3, -0.25) is 4.79 Å². The minimum atomic E-state index is -4.70. The minimum absolute atomic E-state index is 0.00220. The highest BCUT2D eigenvalue weighted by atomic mass is 19.4. The molecule has 0 saturated heterocycles. The molecule has 122 valence electrons. The third kappa shape index (κ3) is 2.73. The molecule has 2 aromatic heterocycles. The van der Waals surface area contributed by atoms with Gasteiger partial charge < -0.3 is 0 Å². The first-order chi connectivity index (χ1) is 10.9. The summed E-state index contributed by atoms with van der Waals surface area (Å²) in [6.45, 7) is -0.161. The minimum Gasteiger partial charge on any atom is -0.267 e. The van der Waals surface area contributed by atoms with Crippen LogP contribution in [0.2, 0.25) is 0 Å². The van der Waals surface area contributed by atoms with E-state index in [1.54, 1.807) is 4.68 Å². The molecule has 0 N–H and O–H groups in total. The van der Waals surface area contributed by atoms with E-state index in [2.05, 4.69) is 20.6 Å². The predicted octanol–water partition coefficient (Wildman–Crippen LogP) is 1.51. The maximum Gasteiger partial charge on any atom is 0.421 e. The third-order valence-corrected chi connectivity index (χ3v) is 4.04. The van der Waals surface area contributed by atoms with E-state index in [-0.39, 0.29) is 18.5 Å². The van der Waals surface area contributed by atoms with Gasteiger partial charge in [0.1, 0.15) is 12.1 Å². The van der Waals surface area contributed by atoms with Gasteiger partial charge in [-0.15, -0.1) is 5.10 Å². The molecule has 2 aromatic rings. The van der Waals surface area contributed by atoms with Crippen molar-refractivity contribution in [3.05, 3.63) is 33.5 Å². The molecule has 2 fully saturated rings. The lowest BCUT2D eigenvalue weighted by atomic mass is 10.2. The quantitative estimate of drug-likeness (QED) is 0.851. The first-order valence-electron chi connectivity index (χ1n) is 7.39. The van der Waals surface area contributed by atoms with Crippen molar-refractivity contribution in [2.45, 2.75) is 50.4 Å². The maximum atomic E-state index is 13.1. The monoisotopic (exact) mass is 326 g/mol. The van der Waals surface area contributed by atoms with Crippen molar-refractivity contribution < 1.29 is 13.2 Å². The molecule has 0 atom stereocenters. The summed E-state index contributed by atoms with van der Waals surface area (Å²) in [5.74, 6) is 0.352. The van der Waals surface area contributed by atoms with E-state index in [1.165, 1.54) is 0 Å². The van der Waals surface area contributed by atoms with Crippen LogP contribution < -0.4 is 5.56 Å². The summed E-state index contributed by atoms with van der Waals surface area (Å²) < 4.78 is 41.7.